The zero-order valence-corrected chi connectivity index (χ0v) is 16.0. The number of benzene rings is 2. The summed E-state index contributed by atoms with van der Waals surface area (Å²) in [6.07, 6.45) is 1.37. The molecule has 4 aromatic rings. The van der Waals surface area contributed by atoms with E-state index in [1.54, 1.807) is 25.1 Å². The van der Waals surface area contributed by atoms with Gasteiger partial charge in [0.1, 0.15) is 12.6 Å². The van der Waals surface area contributed by atoms with Crippen molar-refractivity contribution in [1.29, 1.82) is 0 Å². The summed E-state index contributed by atoms with van der Waals surface area (Å²) in [6.45, 7) is 3.56. The second kappa shape index (κ2) is 7.67. The molecule has 0 spiro atoms. The average Bonchev–Trinajstić information content (AvgIpc) is 3.21. The first-order chi connectivity index (χ1) is 14.0. The van der Waals surface area contributed by atoms with Crippen molar-refractivity contribution in [3.63, 3.8) is 0 Å². The van der Waals surface area contributed by atoms with Gasteiger partial charge in [0.2, 0.25) is 17.6 Å². The molecule has 8 nitrogen and oxygen atoms in total. The Morgan fingerprint density at radius 1 is 1.17 bits per heavy atom. The minimum atomic E-state index is -0.503. The second-order valence-electron chi connectivity index (χ2n) is 6.76. The maximum absolute atomic E-state index is 12.5. The summed E-state index contributed by atoms with van der Waals surface area (Å²) in [5, 5.41) is 7.25. The van der Waals surface area contributed by atoms with E-state index < -0.39 is 6.04 Å². The van der Waals surface area contributed by atoms with Crippen LogP contribution >= 0.6 is 0 Å². The zero-order chi connectivity index (χ0) is 20.4. The Hall–Kier alpha value is -3.81. The summed E-state index contributed by atoms with van der Waals surface area (Å²) in [4.78, 5) is 33.5. The minimum Gasteiger partial charge on any atom is -0.343 e. The van der Waals surface area contributed by atoms with E-state index in [1.807, 2.05) is 37.3 Å². The van der Waals surface area contributed by atoms with E-state index in [0.717, 1.165) is 11.1 Å². The molecule has 0 aliphatic carbocycles. The molecule has 0 aliphatic rings. The highest BCUT2D eigenvalue weighted by Gasteiger charge is 2.18. The predicted octanol–water partition coefficient (Wildman–Crippen LogP) is 2.63. The van der Waals surface area contributed by atoms with Crippen LogP contribution in [0.15, 0.2) is 64.2 Å². The van der Waals surface area contributed by atoms with E-state index in [9.17, 15) is 9.59 Å². The van der Waals surface area contributed by atoms with Crippen molar-refractivity contribution in [2.75, 3.05) is 0 Å². The van der Waals surface area contributed by atoms with Crippen LogP contribution in [0.2, 0.25) is 0 Å². The molecular formula is C21H19N5O3. The van der Waals surface area contributed by atoms with Gasteiger partial charge in [-0.3, -0.25) is 14.2 Å². The number of fused-ring (bicyclic) bond motifs is 1. The molecule has 0 aliphatic heterocycles. The summed E-state index contributed by atoms with van der Waals surface area (Å²) in [6, 6.07) is 14.2. The van der Waals surface area contributed by atoms with Crippen LogP contribution in [-0.4, -0.2) is 25.6 Å². The number of carbonyl (C=O) groups excluding carboxylic acids is 1. The Labute approximate surface area is 166 Å². The standard InChI is InChI=1S/C21H19N5O3/c1-13-7-3-4-8-15(13)19-24-20(29-25-19)14(2)23-18(27)11-26-12-22-17-10-6-5-9-16(17)21(26)28/h3-10,12,14H,11H2,1-2H3,(H,23,27)/t14-/m0/s1. The van der Waals surface area contributed by atoms with E-state index >= 15 is 0 Å². The average molecular weight is 389 g/mol. The molecule has 2 heterocycles. The van der Waals surface area contributed by atoms with Crippen LogP contribution in [0.3, 0.4) is 0 Å². The Kier molecular flexibility index (Phi) is 4.90. The van der Waals surface area contributed by atoms with Gasteiger partial charge in [-0.2, -0.15) is 4.98 Å². The number of aryl methyl sites for hydroxylation is 1. The molecule has 0 fully saturated rings. The number of carbonyl (C=O) groups is 1. The molecule has 0 radical (unpaired) electrons. The lowest BCUT2D eigenvalue weighted by atomic mass is 10.1. The molecule has 146 valence electrons. The third-order valence-electron chi connectivity index (χ3n) is 4.62. The number of hydrogen-bond acceptors (Lipinski definition) is 6. The Morgan fingerprint density at radius 2 is 1.93 bits per heavy atom. The number of amides is 1. The smallest absolute Gasteiger partial charge is 0.261 e. The van der Waals surface area contributed by atoms with Crippen molar-refractivity contribution in [2.24, 2.45) is 0 Å². The SMILES string of the molecule is Cc1ccccc1-c1noc([C@H](C)NC(=O)Cn2cnc3ccccc3c2=O)n1. The van der Waals surface area contributed by atoms with Crippen LogP contribution < -0.4 is 10.9 Å². The highest BCUT2D eigenvalue weighted by atomic mass is 16.5. The van der Waals surface area contributed by atoms with E-state index in [-0.39, 0.29) is 18.0 Å². The first-order valence-corrected chi connectivity index (χ1v) is 9.16. The maximum atomic E-state index is 12.5. The van der Waals surface area contributed by atoms with Crippen molar-refractivity contribution in [1.82, 2.24) is 25.0 Å². The third kappa shape index (κ3) is 3.77. The van der Waals surface area contributed by atoms with Crippen LogP contribution in [-0.2, 0) is 11.3 Å². The second-order valence-corrected chi connectivity index (χ2v) is 6.76. The van der Waals surface area contributed by atoms with Crippen molar-refractivity contribution < 1.29 is 9.32 Å². The van der Waals surface area contributed by atoms with Gasteiger partial charge in [-0.25, -0.2) is 4.98 Å². The quantitative estimate of drug-likeness (QED) is 0.563. The fourth-order valence-corrected chi connectivity index (χ4v) is 3.07. The van der Waals surface area contributed by atoms with Crippen LogP contribution in [0.4, 0.5) is 0 Å². The number of nitrogens with one attached hydrogen (secondary N) is 1. The first-order valence-electron chi connectivity index (χ1n) is 9.16. The molecule has 0 saturated heterocycles. The fraction of sp³-hybridized carbons (Fsp3) is 0.190. The van der Waals surface area contributed by atoms with E-state index in [0.29, 0.717) is 22.6 Å². The molecular weight excluding hydrogens is 370 g/mol. The van der Waals surface area contributed by atoms with Crippen molar-refractivity contribution in [3.05, 3.63) is 76.7 Å². The molecule has 8 heteroatoms. The monoisotopic (exact) mass is 389 g/mol. The van der Waals surface area contributed by atoms with Crippen LogP contribution in [0.25, 0.3) is 22.3 Å². The number of para-hydroxylation sites is 1. The van der Waals surface area contributed by atoms with Gasteiger partial charge < -0.3 is 9.84 Å². The molecule has 1 atom stereocenters. The van der Waals surface area contributed by atoms with Crippen molar-refractivity contribution in [3.8, 4) is 11.4 Å². The van der Waals surface area contributed by atoms with Gasteiger partial charge in [0.15, 0.2) is 0 Å². The lowest BCUT2D eigenvalue weighted by Gasteiger charge is -2.11. The van der Waals surface area contributed by atoms with Gasteiger partial charge >= 0.3 is 0 Å². The lowest BCUT2D eigenvalue weighted by Crippen LogP contribution is -2.34. The first kappa shape index (κ1) is 18.5. The highest BCUT2D eigenvalue weighted by Crippen LogP contribution is 2.21. The van der Waals surface area contributed by atoms with Gasteiger partial charge in [-0.15, -0.1) is 0 Å². The van der Waals surface area contributed by atoms with Crippen molar-refractivity contribution in [2.45, 2.75) is 26.4 Å². The number of aromatic nitrogens is 4. The molecule has 0 bridgehead atoms. The Morgan fingerprint density at radius 3 is 2.76 bits per heavy atom. The topological polar surface area (TPSA) is 103 Å². The van der Waals surface area contributed by atoms with Gasteiger partial charge in [0.25, 0.3) is 5.56 Å². The maximum Gasteiger partial charge on any atom is 0.261 e. The molecule has 1 N–H and O–H groups in total. The summed E-state index contributed by atoms with van der Waals surface area (Å²) in [7, 11) is 0. The molecule has 0 unspecified atom stereocenters. The molecule has 0 saturated carbocycles. The van der Waals surface area contributed by atoms with Crippen LogP contribution in [0.1, 0.15) is 24.4 Å². The Bertz CT molecular complexity index is 1240. The van der Waals surface area contributed by atoms with Gasteiger partial charge in [0.05, 0.1) is 17.2 Å². The minimum absolute atomic E-state index is 0.153. The van der Waals surface area contributed by atoms with Gasteiger partial charge in [-0.1, -0.05) is 41.6 Å². The van der Waals surface area contributed by atoms with E-state index in [1.165, 1.54) is 10.9 Å². The van der Waals surface area contributed by atoms with Crippen LogP contribution in [0.5, 0.6) is 0 Å². The normalized spacial score (nSPS) is 12.1. The largest absolute Gasteiger partial charge is 0.343 e. The van der Waals surface area contributed by atoms with E-state index in [2.05, 4.69) is 20.4 Å². The predicted molar refractivity (Wildman–Crippen MR) is 107 cm³/mol. The highest BCUT2D eigenvalue weighted by molar-refractivity contribution is 5.79. The molecule has 1 amide bonds. The summed E-state index contributed by atoms with van der Waals surface area (Å²) in [5.41, 5.74) is 2.23. The van der Waals surface area contributed by atoms with Gasteiger partial charge in [-0.05, 0) is 31.5 Å². The summed E-state index contributed by atoms with van der Waals surface area (Å²) in [5.74, 6) is 0.405. The third-order valence-corrected chi connectivity index (χ3v) is 4.62. The number of hydrogen-bond donors (Lipinski definition) is 1. The number of nitrogens with zero attached hydrogens (tertiary/aromatic N) is 4. The molecule has 4 rings (SSSR count). The Balaban J connectivity index is 1.47. The number of rotatable bonds is 5. The summed E-state index contributed by atoms with van der Waals surface area (Å²) < 4.78 is 6.59. The van der Waals surface area contributed by atoms with Crippen molar-refractivity contribution >= 4 is 16.8 Å². The van der Waals surface area contributed by atoms with Crippen LogP contribution in [0, 0.1) is 6.92 Å². The molecule has 2 aromatic carbocycles. The zero-order valence-electron chi connectivity index (χ0n) is 16.0. The van der Waals surface area contributed by atoms with E-state index in [4.69, 9.17) is 4.52 Å². The summed E-state index contributed by atoms with van der Waals surface area (Å²) >= 11 is 0. The fourth-order valence-electron chi connectivity index (χ4n) is 3.07. The lowest BCUT2D eigenvalue weighted by molar-refractivity contribution is -0.122. The molecule has 2 aromatic heterocycles. The van der Waals surface area contributed by atoms with Gasteiger partial charge in [0, 0.05) is 5.56 Å². The molecule has 29 heavy (non-hydrogen) atoms.